The Morgan fingerprint density at radius 1 is 1.32 bits per heavy atom. The number of carboxylic acid groups (broad SMARTS) is 1. The van der Waals surface area contributed by atoms with E-state index in [0.29, 0.717) is 24.4 Å². The smallest absolute Gasteiger partial charge is 0.307 e. The number of amides is 1. The number of hydrogen-bond donors (Lipinski definition) is 2. The van der Waals surface area contributed by atoms with E-state index in [2.05, 4.69) is 5.32 Å². The first-order chi connectivity index (χ1) is 10.4. The van der Waals surface area contributed by atoms with Gasteiger partial charge in [0.1, 0.15) is 5.82 Å². The first-order valence-electron chi connectivity index (χ1n) is 7.39. The summed E-state index contributed by atoms with van der Waals surface area (Å²) in [5.74, 6) is -2.49. The Morgan fingerprint density at radius 3 is 2.50 bits per heavy atom. The molecule has 2 unspecified atom stereocenters. The van der Waals surface area contributed by atoms with E-state index in [1.54, 1.807) is 6.07 Å². The first-order valence-corrected chi connectivity index (χ1v) is 7.77. The van der Waals surface area contributed by atoms with E-state index in [1.165, 1.54) is 12.1 Å². The molecule has 0 aromatic heterocycles. The molecule has 2 aliphatic rings. The molecule has 2 N–H and O–H groups in total. The second-order valence-electron chi connectivity index (χ2n) is 6.25. The molecule has 3 rings (SSSR count). The highest BCUT2D eigenvalue weighted by Crippen LogP contribution is 2.50. The number of rotatable bonds is 5. The van der Waals surface area contributed by atoms with Gasteiger partial charge in [0.05, 0.1) is 11.8 Å². The van der Waals surface area contributed by atoms with Gasteiger partial charge in [0, 0.05) is 17.0 Å². The van der Waals surface area contributed by atoms with Crippen molar-refractivity contribution in [2.75, 3.05) is 6.54 Å². The third-order valence-corrected chi connectivity index (χ3v) is 5.20. The van der Waals surface area contributed by atoms with Crippen LogP contribution in [0.5, 0.6) is 0 Å². The maximum atomic E-state index is 13.1. The predicted octanol–water partition coefficient (Wildman–Crippen LogP) is 2.74. The molecule has 4 nitrogen and oxygen atoms in total. The Bertz CT molecular complexity index is 630. The number of carbonyl (C=O) groups is 2. The van der Waals surface area contributed by atoms with Crippen molar-refractivity contribution in [1.29, 1.82) is 0 Å². The summed E-state index contributed by atoms with van der Waals surface area (Å²) in [4.78, 5) is 23.1. The number of benzene rings is 1. The Balaban J connectivity index is 1.64. The third-order valence-electron chi connectivity index (χ3n) is 4.89. The molecule has 0 heterocycles. The van der Waals surface area contributed by atoms with E-state index in [4.69, 9.17) is 16.7 Å². The van der Waals surface area contributed by atoms with Crippen LogP contribution in [0.2, 0.25) is 5.02 Å². The van der Waals surface area contributed by atoms with Crippen molar-refractivity contribution in [1.82, 2.24) is 5.32 Å². The van der Waals surface area contributed by atoms with E-state index < -0.39 is 17.8 Å². The van der Waals surface area contributed by atoms with E-state index >= 15 is 0 Å². The molecule has 1 amide bonds. The number of nitrogens with one attached hydrogen (secondary N) is 1. The summed E-state index contributed by atoms with van der Waals surface area (Å²) in [6.07, 6.45) is 2.94. The van der Waals surface area contributed by atoms with Gasteiger partial charge in [-0.1, -0.05) is 17.7 Å². The van der Waals surface area contributed by atoms with Crippen LogP contribution in [0.1, 0.15) is 31.2 Å². The van der Waals surface area contributed by atoms with Gasteiger partial charge in [-0.3, -0.25) is 9.59 Å². The van der Waals surface area contributed by atoms with Crippen molar-refractivity contribution in [3.8, 4) is 0 Å². The predicted molar refractivity (Wildman–Crippen MR) is 79.2 cm³/mol. The summed E-state index contributed by atoms with van der Waals surface area (Å²) < 4.78 is 13.1. The number of halogens is 2. The van der Waals surface area contributed by atoms with Crippen LogP contribution in [0.4, 0.5) is 4.39 Å². The van der Waals surface area contributed by atoms with Gasteiger partial charge in [-0.15, -0.1) is 0 Å². The van der Waals surface area contributed by atoms with E-state index in [0.717, 1.165) is 18.4 Å². The van der Waals surface area contributed by atoms with Gasteiger partial charge in [-0.05, 0) is 43.4 Å². The van der Waals surface area contributed by atoms with E-state index in [1.807, 2.05) is 0 Å². The number of carboxylic acids is 1. The van der Waals surface area contributed by atoms with Gasteiger partial charge in [-0.2, -0.15) is 0 Å². The molecule has 0 aliphatic heterocycles. The zero-order valence-electron chi connectivity index (χ0n) is 11.9. The summed E-state index contributed by atoms with van der Waals surface area (Å²) in [6.45, 7) is 0.417. The summed E-state index contributed by atoms with van der Waals surface area (Å²) in [5, 5.41) is 12.2. The van der Waals surface area contributed by atoms with Gasteiger partial charge < -0.3 is 10.4 Å². The first kappa shape index (κ1) is 15.3. The summed E-state index contributed by atoms with van der Waals surface area (Å²) in [7, 11) is 0. The van der Waals surface area contributed by atoms with Crippen LogP contribution in [-0.2, 0) is 15.0 Å². The SMILES string of the molecule is O=C(O)C1CCC1C(=O)NCC1(c2ccc(F)cc2Cl)CC1. The van der Waals surface area contributed by atoms with Crippen LogP contribution in [0.3, 0.4) is 0 Å². The molecular formula is C16H17ClFNO3. The molecular weight excluding hydrogens is 309 g/mol. The van der Waals surface area contributed by atoms with Crippen LogP contribution in [0, 0.1) is 17.7 Å². The van der Waals surface area contributed by atoms with E-state index in [9.17, 15) is 14.0 Å². The number of aliphatic carboxylic acids is 1. The van der Waals surface area contributed by atoms with Crippen LogP contribution < -0.4 is 5.32 Å². The molecule has 0 saturated heterocycles. The van der Waals surface area contributed by atoms with Gasteiger partial charge >= 0.3 is 5.97 Å². The zero-order valence-corrected chi connectivity index (χ0v) is 12.7. The van der Waals surface area contributed by atoms with Gasteiger partial charge in [0.15, 0.2) is 0 Å². The van der Waals surface area contributed by atoms with Gasteiger partial charge in [-0.25, -0.2) is 4.39 Å². The van der Waals surface area contributed by atoms with Crippen LogP contribution in [0.15, 0.2) is 18.2 Å². The molecule has 118 valence electrons. The molecule has 2 fully saturated rings. The van der Waals surface area contributed by atoms with Gasteiger partial charge in [0.25, 0.3) is 0 Å². The molecule has 1 aromatic rings. The third kappa shape index (κ3) is 2.70. The summed E-state index contributed by atoms with van der Waals surface area (Å²) in [6, 6.07) is 4.32. The summed E-state index contributed by atoms with van der Waals surface area (Å²) in [5.41, 5.74) is 0.613. The lowest BCUT2D eigenvalue weighted by atomic mass is 9.73. The zero-order chi connectivity index (χ0) is 15.9. The molecule has 2 atom stereocenters. The largest absolute Gasteiger partial charge is 0.481 e. The minimum Gasteiger partial charge on any atom is -0.481 e. The van der Waals surface area contributed by atoms with Gasteiger partial charge in [0.2, 0.25) is 5.91 Å². The van der Waals surface area contributed by atoms with Crippen molar-refractivity contribution in [3.63, 3.8) is 0 Å². The fourth-order valence-corrected chi connectivity index (χ4v) is 3.48. The quantitative estimate of drug-likeness (QED) is 0.874. The molecule has 0 spiro atoms. The molecule has 2 saturated carbocycles. The Labute approximate surface area is 132 Å². The normalized spacial score (nSPS) is 25.2. The fourth-order valence-electron chi connectivity index (χ4n) is 3.11. The molecule has 0 bridgehead atoms. The minimum atomic E-state index is -0.908. The van der Waals surface area contributed by atoms with E-state index in [-0.39, 0.29) is 17.1 Å². The number of carbonyl (C=O) groups excluding carboxylic acids is 1. The molecule has 1 aromatic carbocycles. The molecule has 6 heteroatoms. The maximum absolute atomic E-state index is 13.1. The van der Waals surface area contributed by atoms with Crippen molar-refractivity contribution >= 4 is 23.5 Å². The highest BCUT2D eigenvalue weighted by molar-refractivity contribution is 6.31. The monoisotopic (exact) mass is 325 g/mol. The second kappa shape index (κ2) is 5.54. The van der Waals surface area contributed by atoms with Crippen molar-refractivity contribution in [3.05, 3.63) is 34.6 Å². The summed E-state index contributed by atoms with van der Waals surface area (Å²) >= 11 is 6.10. The fraction of sp³-hybridized carbons (Fsp3) is 0.500. The van der Waals surface area contributed by atoms with Crippen LogP contribution in [-0.4, -0.2) is 23.5 Å². The highest BCUT2D eigenvalue weighted by Gasteiger charge is 2.47. The lowest BCUT2D eigenvalue weighted by Crippen LogP contribution is -2.45. The highest BCUT2D eigenvalue weighted by atomic mass is 35.5. The second-order valence-corrected chi connectivity index (χ2v) is 6.66. The maximum Gasteiger partial charge on any atom is 0.307 e. The molecule has 2 aliphatic carbocycles. The molecule has 22 heavy (non-hydrogen) atoms. The minimum absolute atomic E-state index is 0.205. The topological polar surface area (TPSA) is 66.4 Å². The Kier molecular flexibility index (Phi) is 3.85. The van der Waals surface area contributed by atoms with Crippen molar-refractivity contribution in [2.24, 2.45) is 11.8 Å². The average molecular weight is 326 g/mol. The lowest BCUT2D eigenvalue weighted by molar-refractivity contribution is -0.152. The van der Waals surface area contributed by atoms with Crippen molar-refractivity contribution in [2.45, 2.75) is 31.1 Å². The Morgan fingerprint density at radius 2 is 2.00 bits per heavy atom. The van der Waals surface area contributed by atoms with Crippen molar-refractivity contribution < 1.29 is 19.1 Å². The molecule has 0 radical (unpaired) electrons. The Hall–Kier alpha value is -1.62. The standard InChI is InChI=1S/C16H17ClFNO3/c17-13-7-9(18)1-4-12(13)16(5-6-16)8-19-14(20)10-2-3-11(10)15(21)22/h1,4,7,10-11H,2-3,5-6,8H2,(H,19,20)(H,21,22). The van der Waals surface area contributed by atoms with Crippen LogP contribution in [0.25, 0.3) is 0 Å². The average Bonchev–Trinajstić information content (AvgIpc) is 3.15. The lowest BCUT2D eigenvalue weighted by Gasteiger charge is -2.32. The van der Waals surface area contributed by atoms with Crippen LogP contribution >= 0.6 is 11.6 Å². The number of hydrogen-bond acceptors (Lipinski definition) is 2.